The minimum atomic E-state index is -2.75. The topological polar surface area (TPSA) is 177 Å². The van der Waals surface area contributed by atoms with Crippen LogP contribution in [0, 0.1) is 6.92 Å². The summed E-state index contributed by atoms with van der Waals surface area (Å²) >= 11 is 0. The Bertz CT molecular complexity index is 1880. The molecule has 46 heavy (non-hydrogen) atoms. The van der Waals surface area contributed by atoms with Crippen molar-refractivity contribution in [3.63, 3.8) is 0 Å². The van der Waals surface area contributed by atoms with Crippen molar-refractivity contribution in [1.82, 2.24) is 29.9 Å². The Labute approximate surface area is 265 Å². The molecule has 1 saturated heterocycles. The number of hydrogen-bond donors (Lipinski definition) is 3. The van der Waals surface area contributed by atoms with E-state index in [2.05, 4.69) is 46.5 Å². The number of anilines is 5. The molecule has 6 rings (SSSR count). The van der Waals surface area contributed by atoms with E-state index in [1.54, 1.807) is 51.4 Å². The number of rotatable bonds is 8. The molecule has 0 amide bonds. The van der Waals surface area contributed by atoms with Crippen LogP contribution in [0.5, 0.6) is 5.75 Å². The Hall–Kier alpha value is -5.20. The van der Waals surface area contributed by atoms with Crippen molar-refractivity contribution >= 4 is 58.8 Å². The van der Waals surface area contributed by atoms with Crippen LogP contribution in [0.1, 0.15) is 5.56 Å². The minimum Gasteiger partial charge on any atom is -0.492 e. The third kappa shape index (κ3) is 7.19. The number of benzene rings is 2. The Balaban J connectivity index is 0.00000134. The maximum Gasteiger partial charge on any atom is 0.290 e. The Morgan fingerprint density at radius 1 is 0.978 bits per heavy atom. The zero-order valence-electron chi connectivity index (χ0n) is 25.8. The molecule has 1 fully saturated rings. The predicted octanol–water partition coefficient (Wildman–Crippen LogP) is 4.47. The maximum absolute atomic E-state index is 13.4. The molecule has 1 aliphatic rings. The number of morpholine rings is 1. The fourth-order valence-corrected chi connectivity index (χ4v) is 6.51. The summed E-state index contributed by atoms with van der Waals surface area (Å²) in [5, 5.41) is 14.3. The van der Waals surface area contributed by atoms with Gasteiger partial charge in [0.1, 0.15) is 24.8 Å². The molecular formula is C31H34N9O5P. The molecule has 4 heterocycles. The van der Waals surface area contributed by atoms with Crippen molar-refractivity contribution in [2.75, 3.05) is 62.3 Å². The number of carboxylic acid groups (broad SMARTS) is 1. The van der Waals surface area contributed by atoms with Gasteiger partial charge < -0.3 is 34.7 Å². The molecule has 0 radical (unpaired) electrons. The van der Waals surface area contributed by atoms with Crippen molar-refractivity contribution in [3.05, 3.63) is 67.1 Å². The van der Waals surface area contributed by atoms with Crippen molar-refractivity contribution in [3.8, 4) is 16.9 Å². The van der Waals surface area contributed by atoms with Gasteiger partial charge in [-0.15, -0.1) is 0 Å². The van der Waals surface area contributed by atoms with Crippen LogP contribution in [0.3, 0.4) is 0 Å². The lowest BCUT2D eigenvalue weighted by molar-refractivity contribution is -0.122. The molecule has 3 N–H and O–H groups in total. The molecule has 0 bridgehead atoms. The van der Waals surface area contributed by atoms with E-state index in [1.807, 2.05) is 25.1 Å². The van der Waals surface area contributed by atoms with E-state index >= 15 is 0 Å². The van der Waals surface area contributed by atoms with Gasteiger partial charge in [-0.05, 0) is 50.1 Å². The molecule has 0 spiro atoms. The highest BCUT2D eigenvalue weighted by Crippen LogP contribution is 2.43. The van der Waals surface area contributed by atoms with Gasteiger partial charge >= 0.3 is 0 Å². The molecule has 1 aliphatic heterocycles. The Morgan fingerprint density at radius 2 is 1.70 bits per heavy atom. The SMILES string of the molecule is COc1c(Nc2ncc(C)c(Nc3ccc4nccnc4c3P(C)(C)=O)n2)cc(-c2cncnc2)cc1N1CCOCC1.O=CO. The molecule has 3 aromatic heterocycles. The zero-order valence-corrected chi connectivity index (χ0v) is 26.7. The van der Waals surface area contributed by atoms with Crippen molar-refractivity contribution < 1.29 is 23.9 Å². The summed E-state index contributed by atoms with van der Waals surface area (Å²) in [5.74, 6) is 1.59. The summed E-state index contributed by atoms with van der Waals surface area (Å²) in [4.78, 5) is 37.3. The monoisotopic (exact) mass is 643 g/mol. The summed E-state index contributed by atoms with van der Waals surface area (Å²) in [5.41, 5.74) is 6.15. The van der Waals surface area contributed by atoms with Crippen LogP contribution >= 0.6 is 7.14 Å². The molecule has 2 aromatic carbocycles. The van der Waals surface area contributed by atoms with Crippen molar-refractivity contribution in [2.45, 2.75) is 6.92 Å². The molecule has 238 valence electrons. The predicted molar refractivity (Wildman–Crippen MR) is 178 cm³/mol. The summed E-state index contributed by atoms with van der Waals surface area (Å²) in [7, 11) is -1.10. The average Bonchev–Trinajstić information content (AvgIpc) is 3.06. The van der Waals surface area contributed by atoms with Crippen molar-refractivity contribution in [2.24, 2.45) is 0 Å². The first-order chi connectivity index (χ1) is 22.2. The molecule has 0 unspecified atom stereocenters. The normalized spacial score (nSPS) is 13.0. The molecular weight excluding hydrogens is 609 g/mol. The van der Waals surface area contributed by atoms with E-state index in [0.717, 1.165) is 35.5 Å². The second-order valence-electron chi connectivity index (χ2n) is 10.6. The van der Waals surface area contributed by atoms with Crippen LogP contribution in [0.4, 0.5) is 28.8 Å². The molecule has 0 aliphatic carbocycles. The first-order valence-corrected chi connectivity index (χ1v) is 16.9. The standard InChI is InChI=1S/C30H32N9O3P.CH2O2/c1-19-15-35-30(38-29(19)36-23-6-5-22-26(34-8-7-33-22)28(23)43(3,4)40)37-24-13-20(21-16-31-18-32-17-21)14-25(27(24)41-2)39-9-11-42-12-10-39;2-1-3/h5-8,13-18H,9-12H2,1-4H3,(H2,35,36,37,38);1H,(H,2,3). The quantitative estimate of drug-likeness (QED) is 0.159. The largest absolute Gasteiger partial charge is 0.492 e. The minimum absolute atomic E-state index is 0.250. The van der Waals surface area contributed by atoms with Gasteiger partial charge in [-0.25, -0.2) is 15.0 Å². The first-order valence-electron chi connectivity index (χ1n) is 14.3. The molecule has 0 atom stereocenters. The average molecular weight is 644 g/mol. The lowest BCUT2D eigenvalue weighted by Gasteiger charge is -2.31. The fourth-order valence-electron chi connectivity index (χ4n) is 5.12. The summed E-state index contributed by atoms with van der Waals surface area (Å²) < 4.78 is 25.0. The van der Waals surface area contributed by atoms with E-state index in [1.165, 1.54) is 6.33 Å². The first kappa shape index (κ1) is 32.2. The van der Waals surface area contributed by atoms with Crippen LogP contribution in [0.25, 0.3) is 22.2 Å². The lowest BCUT2D eigenvalue weighted by atomic mass is 10.1. The van der Waals surface area contributed by atoms with Crippen molar-refractivity contribution in [1.29, 1.82) is 0 Å². The number of hydrogen-bond acceptors (Lipinski definition) is 13. The summed E-state index contributed by atoms with van der Waals surface area (Å²) in [6.07, 6.45) is 10.0. The van der Waals surface area contributed by atoms with E-state index in [9.17, 15) is 4.57 Å². The Morgan fingerprint density at radius 3 is 2.39 bits per heavy atom. The molecule has 0 saturated carbocycles. The van der Waals surface area contributed by atoms with Crippen LogP contribution in [0.2, 0.25) is 0 Å². The van der Waals surface area contributed by atoms with Crippen LogP contribution in [-0.2, 0) is 14.1 Å². The second-order valence-corrected chi connectivity index (χ2v) is 13.8. The highest BCUT2D eigenvalue weighted by atomic mass is 31.2. The van der Waals surface area contributed by atoms with E-state index in [0.29, 0.717) is 58.4 Å². The van der Waals surface area contributed by atoms with E-state index in [4.69, 9.17) is 24.4 Å². The number of ether oxygens (including phenoxy) is 2. The number of aryl methyl sites for hydroxylation is 1. The zero-order chi connectivity index (χ0) is 32.7. The maximum atomic E-state index is 13.4. The van der Waals surface area contributed by atoms with Crippen LogP contribution in [-0.4, -0.2) is 88.2 Å². The van der Waals surface area contributed by atoms with Gasteiger partial charge in [0, 0.05) is 55.2 Å². The van der Waals surface area contributed by atoms with Gasteiger partial charge in [0.15, 0.2) is 5.75 Å². The van der Waals surface area contributed by atoms with Crippen LogP contribution in [0.15, 0.2) is 61.6 Å². The van der Waals surface area contributed by atoms with Gasteiger partial charge in [-0.1, -0.05) is 0 Å². The smallest absolute Gasteiger partial charge is 0.290 e. The Kier molecular flexibility index (Phi) is 9.99. The number of carbonyl (C=O) groups is 1. The lowest BCUT2D eigenvalue weighted by Crippen LogP contribution is -2.36. The summed E-state index contributed by atoms with van der Waals surface area (Å²) in [6, 6.07) is 7.78. The molecule has 5 aromatic rings. The van der Waals surface area contributed by atoms with Crippen LogP contribution < -0.4 is 25.6 Å². The van der Waals surface area contributed by atoms with Gasteiger partial charge in [0.05, 0.1) is 48.2 Å². The highest BCUT2D eigenvalue weighted by molar-refractivity contribution is 7.71. The van der Waals surface area contributed by atoms with E-state index in [-0.39, 0.29) is 6.47 Å². The van der Waals surface area contributed by atoms with Gasteiger partial charge in [-0.3, -0.25) is 14.8 Å². The molecule has 15 heteroatoms. The molecule has 14 nitrogen and oxygen atoms in total. The van der Waals surface area contributed by atoms with Gasteiger partial charge in [-0.2, -0.15) is 4.98 Å². The third-order valence-electron chi connectivity index (χ3n) is 7.14. The fraction of sp³-hybridized carbons (Fsp3) is 0.258. The third-order valence-corrected chi connectivity index (χ3v) is 8.67. The summed E-state index contributed by atoms with van der Waals surface area (Å²) in [6.45, 7) is 7.84. The highest BCUT2D eigenvalue weighted by Gasteiger charge is 2.23. The number of fused-ring (bicyclic) bond motifs is 1. The number of nitrogens with one attached hydrogen (secondary N) is 2. The van der Waals surface area contributed by atoms with Gasteiger partial charge in [0.2, 0.25) is 5.95 Å². The number of nitrogens with zero attached hydrogens (tertiary/aromatic N) is 7. The number of methoxy groups -OCH3 is 1. The van der Waals surface area contributed by atoms with Gasteiger partial charge in [0.25, 0.3) is 6.47 Å². The van der Waals surface area contributed by atoms with E-state index < -0.39 is 7.14 Å². The second kappa shape index (κ2) is 14.3. The number of aromatic nitrogens is 6.